The smallest absolute Gasteiger partial charge is 0.270 e. The molecule has 1 aliphatic heterocycles. The van der Waals surface area contributed by atoms with Crippen molar-refractivity contribution in [2.75, 3.05) is 31.1 Å². The van der Waals surface area contributed by atoms with Crippen molar-refractivity contribution < 1.29 is 4.79 Å². The molecule has 2 aromatic rings. The molecule has 1 saturated heterocycles. The number of carbonyl (C=O) groups is 1. The lowest BCUT2D eigenvalue weighted by molar-refractivity contribution is 0.0741. The summed E-state index contributed by atoms with van der Waals surface area (Å²) >= 11 is 5.85. The first-order valence-electron chi connectivity index (χ1n) is 6.94. The largest absolute Gasteiger partial charge is 0.368 e. The van der Waals surface area contributed by atoms with E-state index in [1.54, 1.807) is 18.5 Å². The van der Waals surface area contributed by atoms with Crippen molar-refractivity contribution in [3.8, 4) is 0 Å². The summed E-state index contributed by atoms with van der Waals surface area (Å²) in [6.45, 7) is 5.12. The van der Waals surface area contributed by atoms with Crippen molar-refractivity contribution in [1.29, 1.82) is 0 Å². The summed E-state index contributed by atoms with van der Waals surface area (Å²) in [5, 5.41) is 0.560. The maximum atomic E-state index is 12.3. The van der Waals surface area contributed by atoms with Gasteiger partial charge in [0.15, 0.2) is 0 Å². The van der Waals surface area contributed by atoms with Crippen molar-refractivity contribution in [1.82, 2.24) is 14.9 Å². The second-order valence-corrected chi connectivity index (χ2v) is 5.61. The minimum Gasteiger partial charge on any atom is -0.368 e. The van der Waals surface area contributed by atoms with E-state index in [2.05, 4.69) is 21.8 Å². The van der Waals surface area contributed by atoms with Crippen molar-refractivity contribution in [3.63, 3.8) is 0 Å². The highest BCUT2D eigenvalue weighted by Crippen LogP contribution is 2.20. The molecule has 6 heteroatoms. The monoisotopic (exact) mass is 304 g/mol. The lowest BCUT2D eigenvalue weighted by Crippen LogP contribution is -2.49. The Morgan fingerprint density at radius 3 is 2.71 bits per heavy atom. The minimum atomic E-state index is 0.00741. The van der Waals surface area contributed by atoms with Crippen LogP contribution in [0.5, 0.6) is 0 Å². The fourth-order valence-electron chi connectivity index (χ4n) is 2.63. The lowest BCUT2D eigenvalue weighted by atomic mass is 10.2. The van der Waals surface area contributed by atoms with Crippen LogP contribution in [0.3, 0.4) is 0 Å². The van der Waals surface area contributed by atoms with E-state index in [4.69, 9.17) is 11.6 Å². The Hall–Kier alpha value is -2.01. The summed E-state index contributed by atoms with van der Waals surface area (Å²) in [6, 6.07) is 3.70. The maximum Gasteiger partial charge on any atom is 0.270 e. The Balaban J connectivity index is 1.65. The average Bonchev–Trinajstić information content (AvgIpc) is 2.94. The Bertz CT molecular complexity index is 647. The first-order valence-corrected chi connectivity index (χ1v) is 7.31. The Labute approximate surface area is 128 Å². The number of aromatic amines is 1. The van der Waals surface area contributed by atoms with Crippen LogP contribution in [-0.2, 0) is 0 Å². The molecule has 1 aliphatic rings. The average molecular weight is 305 g/mol. The molecule has 1 fully saturated rings. The number of piperazine rings is 1. The number of nitrogens with zero attached hydrogens (tertiary/aromatic N) is 3. The van der Waals surface area contributed by atoms with Gasteiger partial charge >= 0.3 is 0 Å². The summed E-state index contributed by atoms with van der Waals surface area (Å²) in [4.78, 5) is 23.5. The van der Waals surface area contributed by atoms with Gasteiger partial charge in [-0.05, 0) is 24.6 Å². The number of aromatic nitrogens is 2. The molecule has 0 unspecified atom stereocenters. The number of carbonyl (C=O) groups excluding carboxylic acids is 1. The molecule has 2 aromatic heterocycles. The number of pyridine rings is 1. The molecular weight excluding hydrogens is 288 g/mol. The molecule has 0 aromatic carbocycles. The normalized spacial score (nSPS) is 15.3. The third kappa shape index (κ3) is 2.88. The van der Waals surface area contributed by atoms with Gasteiger partial charge in [-0.25, -0.2) is 0 Å². The molecule has 110 valence electrons. The van der Waals surface area contributed by atoms with Crippen molar-refractivity contribution >= 4 is 23.2 Å². The van der Waals surface area contributed by atoms with Crippen LogP contribution in [-0.4, -0.2) is 47.0 Å². The van der Waals surface area contributed by atoms with Gasteiger partial charge in [0.1, 0.15) is 5.69 Å². The van der Waals surface area contributed by atoms with Gasteiger partial charge in [-0.1, -0.05) is 11.6 Å². The molecule has 5 nitrogen and oxygen atoms in total. The number of amides is 1. The van der Waals surface area contributed by atoms with E-state index in [0.717, 1.165) is 18.7 Å². The van der Waals surface area contributed by atoms with E-state index < -0.39 is 0 Å². The van der Waals surface area contributed by atoms with Gasteiger partial charge in [-0.2, -0.15) is 0 Å². The van der Waals surface area contributed by atoms with Gasteiger partial charge in [0, 0.05) is 50.5 Å². The zero-order valence-corrected chi connectivity index (χ0v) is 12.6. The number of aryl methyl sites for hydroxylation is 1. The number of anilines is 1. The van der Waals surface area contributed by atoms with Crippen molar-refractivity contribution in [3.05, 3.63) is 47.0 Å². The molecule has 21 heavy (non-hydrogen) atoms. The number of halogens is 1. The first-order chi connectivity index (χ1) is 10.1. The van der Waals surface area contributed by atoms with Gasteiger partial charge in [0.25, 0.3) is 5.91 Å². The molecule has 0 radical (unpaired) electrons. The van der Waals surface area contributed by atoms with E-state index in [-0.39, 0.29) is 5.91 Å². The van der Waals surface area contributed by atoms with Crippen molar-refractivity contribution in [2.24, 2.45) is 0 Å². The fraction of sp³-hybridized carbons (Fsp3) is 0.333. The van der Waals surface area contributed by atoms with Crippen molar-refractivity contribution in [2.45, 2.75) is 6.92 Å². The predicted molar refractivity (Wildman–Crippen MR) is 82.9 cm³/mol. The zero-order valence-electron chi connectivity index (χ0n) is 11.8. The first kappa shape index (κ1) is 13.9. The van der Waals surface area contributed by atoms with Crippen LogP contribution in [0.15, 0.2) is 30.7 Å². The Morgan fingerprint density at radius 1 is 1.33 bits per heavy atom. The minimum absolute atomic E-state index is 0.00741. The third-order valence-corrected chi connectivity index (χ3v) is 3.99. The standard InChI is InChI=1S/C15H17ClN4O/c1-11-9-17-3-2-14(11)19-4-6-20(7-5-19)15(21)13-8-12(16)10-18-13/h2-3,8-10,18H,4-7H2,1H3. The van der Waals surface area contributed by atoms with Crippen LogP contribution < -0.4 is 4.90 Å². The zero-order chi connectivity index (χ0) is 14.8. The number of rotatable bonds is 2. The molecule has 0 atom stereocenters. The van der Waals surface area contributed by atoms with Gasteiger partial charge < -0.3 is 14.8 Å². The molecule has 0 saturated carbocycles. The van der Waals surface area contributed by atoms with Gasteiger partial charge in [-0.15, -0.1) is 0 Å². The van der Waals surface area contributed by atoms with E-state index in [9.17, 15) is 4.79 Å². The fourth-order valence-corrected chi connectivity index (χ4v) is 2.80. The van der Waals surface area contributed by atoms with Crippen LogP contribution in [0.1, 0.15) is 16.1 Å². The van der Waals surface area contributed by atoms with Crippen LogP contribution >= 0.6 is 11.6 Å². The molecule has 3 heterocycles. The molecule has 0 bridgehead atoms. The Kier molecular flexibility index (Phi) is 3.84. The maximum absolute atomic E-state index is 12.3. The molecular formula is C15H17ClN4O. The third-order valence-electron chi connectivity index (χ3n) is 3.78. The molecule has 3 rings (SSSR count). The quantitative estimate of drug-likeness (QED) is 0.926. The SMILES string of the molecule is Cc1cnccc1N1CCN(C(=O)c2cc(Cl)c[nH]2)CC1. The van der Waals surface area contributed by atoms with Crippen LogP contribution in [0, 0.1) is 6.92 Å². The number of hydrogen-bond donors (Lipinski definition) is 1. The van der Waals surface area contributed by atoms with E-state index in [0.29, 0.717) is 23.8 Å². The predicted octanol–water partition coefficient (Wildman–Crippen LogP) is 2.33. The summed E-state index contributed by atoms with van der Waals surface area (Å²) in [7, 11) is 0. The lowest BCUT2D eigenvalue weighted by Gasteiger charge is -2.36. The summed E-state index contributed by atoms with van der Waals surface area (Å²) in [5.41, 5.74) is 2.90. The molecule has 0 spiro atoms. The van der Waals surface area contributed by atoms with Gasteiger partial charge in [0.05, 0.1) is 5.02 Å². The highest BCUT2D eigenvalue weighted by Gasteiger charge is 2.23. The second kappa shape index (κ2) is 5.77. The number of nitrogens with one attached hydrogen (secondary N) is 1. The van der Waals surface area contributed by atoms with Crippen LogP contribution in [0.2, 0.25) is 5.02 Å². The van der Waals surface area contributed by atoms with Gasteiger partial charge in [-0.3, -0.25) is 9.78 Å². The summed E-state index contributed by atoms with van der Waals surface area (Å²) < 4.78 is 0. The van der Waals surface area contributed by atoms with Gasteiger partial charge in [0.2, 0.25) is 0 Å². The summed E-state index contributed by atoms with van der Waals surface area (Å²) in [6.07, 6.45) is 5.31. The van der Waals surface area contributed by atoms with E-state index in [1.165, 1.54) is 5.69 Å². The summed E-state index contributed by atoms with van der Waals surface area (Å²) in [5.74, 6) is 0.00741. The molecule has 0 aliphatic carbocycles. The molecule has 1 N–H and O–H groups in total. The highest BCUT2D eigenvalue weighted by molar-refractivity contribution is 6.30. The highest BCUT2D eigenvalue weighted by atomic mass is 35.5. The molecule has 1 amide bonds. The number of hydrogen-bond acceptors (Lipinski definition) is 3. The topological polar surface area (TPSA) is 52.2 Å². The Morgan fingerprint density at radius 2 is 2.10 bits per heavy atom. The second-order valence-electron chi connectivity index (χ2n) is 5.17. The van der Waals surface area contributed by atoms with E-state index in [1.807, 2.05) is 17.2 Å². The van der Waals surface area contributed by atoms with E-state index >= 15 is 0 Å². The number of H-pyrrole nitrogens is 1. The van der Waals surface area contributed by atoms with Crippen LogP contribution in [0.4, 0.5) is 5.69 Å². The van der Waals surface area contributed by atoms with Crippen LogP contribution in [0.25, 0.3) is 0 Å².